The molecular formula is C28H29N5OS. The molecule has 0 aliphatic rings. The number of amides is 1. The van der Waals surface area contributed by atoms with Gasteiger partial charge in [0.1, 0.15) is 0 Å². The highest BCUT2D eigenvalue weighted by atomic mass is 32.2. The van der Waals surface area contributed by atoms with Gasteiger partial charge in [-0.15, -0.1) is 10.2 Å². The second-order valence-electron chi connectivity index (χ2n) is 9.30. The van der Waals surface area contributed by atoms with E-state index in [0.717, 1.165) is 22.6 Å². The van der Waals surface area contributed by atoms with Gasteiger partial charge in [0, 0.05) is 11.3 Å². The van der Waals surface area contributed by atoms with Gasteiger partial charge in [0.2, 0.25) is 0 Å². The molecule has 0 atom stereocenters. The number of aryl methyl sites for hydroxylation is 1. The molecule has 4 aromatic rings. The zero-order valence-corrected chi connectivity index (χ0v) is 21.2. The van der Waals surface area contributed by atoms with Crippen molar-refractivity contribution in [2.75, 3.05) is 5.75 Å². The molecule has 1 aromatic heterocycles. The predicted molar refractivity (Wildman–Crippen MR) is 143 cm³/mol. The Bertz CT molecular complexity index is 1300. The molecule has 0 aliphatic carbocycles. The lowest BCUT2D eigenvalue weighted by Gasteiger charge is -2.19. The maximum Gasteiger partial charge on any atom is 0.250 e. The normalized spacial score (nSPS) is 11.7. The van der Waals surface area contributed by atoms with Gasteiger partial charge in [0.25, 0.3) is 5.91 Å². The number of aromatic nitrogens is 3. The summed E-state index contributed by atoms with van der Waals surface area (Å²) in [6.45, 7) is 8.61. The standard InChI is InChI=1S/C28H29N5OS/c1-20-10-12-21(13-11-20)18-29-30-25(34)19-35-27-32-31-26(33(27)24-8-6-5-7-9-24)22-14-16-23(17-15-22)28(2,3)4/h5-18H,19H2,1-4H3,(H,30,34)/b29-18+. The lowest BCUT2D eigenvalue weighted by molar-refractivity contribution is -0.118. The Morgan fingerprint density at radius 1 is 0.971 bits per heavy atom. The molecule has 0 bridgehead atoms. The van der Waals surface area contributed by atoms with Crippen molar-refractivity contribution < 1.29 is 4.79 Å². The summed E-state index contributed by atoms with van der Waals surface area (Å²) in [6, 6.07) is 26.3. The van der Waals surface area contributed by atoms with Crippen molar-refractivity contribution in [3.63, 3.8) is 0 Å². The van der Waals surface area contributed by atoms with E-state index < -0.39 is 0 Å². The van der Waals surface area contributed by atoms with Crippen molar-refractivity contribution in [3.8, 4) is 17.1 Å². The number of hydrazone groups is 1. The summed E-state index contributed by atoms with van der Waals surface area (Å²) in [6.07, 6.45) is 1.63. The molecule has 0 aliphatic heterocycles. The maximum atomic E-state index is 12.4. The van der Waals surface area contributed by atoms with Crippen LogP contribution in [0.5, 0.6) is 0 Å². The topological polar surface area (TPSA) is 72.2 Å². The molecule has 1 N–H and O–H groups in total. The van der Waals surface area contributed by atoms with Crippen LogP contribution in [0.25, 0.3) is 17.1 Å². The zero-order valence-electron chi connectivity index (χ0n) is 20.4. The van der Waals surface area contributed by atoms with Crippen LogP contribution in [0.4, 0.5) is 0 Å². The lowest BCUT2D eigenvalue weighted by Crippen LogP contribution is -2.20. The second kappa shape index (κ2) is 10.7. The van der Waals surface area contributed by atoms with Crippen LogP contribution >= 0.6 is 11.8 Å². The van der Waals surface area contributed by atoms with E-state index in [1.54, 1.807) is 6.21 Å². The van der Waals surface area contributed by atoms with Crippen LogP contribution in [-0.4, -0.2) is 32.6 Å². The fraction of sp³-hybridized carbons (Fsp3) is 0.214. The second-order valence-corrected chi connectivity index (χ2v) is 10.2. The first kappa shape index (κ1) is 24.4. The van der Waals surface area contributed by atoms with E-state index in [4.69, 9.17) is 0 Å². The van der Waals surface area contributed by atoms with Gasteiger partial charge in [0.15, 0.2) is 11.0 Å². The van der Waals surface area contributed by atoms with Crippen LogP contribution in [0.3, 0.4) is 0 Å². The van der Waals surface area contributed by atoms with Gasteiger partial charge in [-0.2, -0.15) is 5.10 Å². The van der Waals surface area contributed by atoms with E-state index in [1.165, 1.54) is 22.9 Å². The first-order valence-electron chi connectivity index (χ1n) is 11.4. The minimum absolute atomic E-state index is 0.0714. The molecule has 6 nitrogen and oxygen atoms in total. The third-order valence-electron chi connectivity index (χ3n) is 5.47. The number of thioether (sulfide) groups is 1. The molecule has 0 unspecified atom stereocenters. The van der Waals surface area contributed by atoms with Gasteiger partial charge in [-0.1, -0.05) is 105 Å². The number of para-hydroxylation sites is 1. The average Bonchev–Trinajstić information content (AvgIpc) is 3.28. The monoisotopic (exact) mass is 483 g/mol. The molecule has 1 amide bonds. The van der Waals surface area contributed by atoms with Crippen LogP contribution in [-0.2, 0) is 10.2 Å². The fourth-order valence-electron chi connectivity index (χ4n) is 3.47. The Morgan fingerprint density at radius 3 is 2.31 bits per heavy atom. The summed E-state index contributed by atoms with van der Waals surface area (Å²) in [5.74, 6) is 0.688. The molecule has 0 radical (unpaired) electrons. The Balaban J connectivity index is 1.51. The van der Waals surface area contributed by atoms with Crippen molar-refractivity contribution in [1.29, 1.82) is 0 Å². The van der Waals surface area contributed by atoms with Gasteiger partial charge in [-0.25, -0.2) is 5.43 Å². The summed E-state index contributed by atoms with van der Waals surface area (Å²) in [5.41, 5.74) is 7.92. The number of carbonyl (C=O) groups excluding carboxylic acids is 1. The van der Waals surface area contributed by atoms with Crippen LogP contribution in [0.15, 0.2) is 89.1 Å². The summed E-state index contributed by atoms with van der Waals surface area (Å²) < 4.78 is 1.99. The fourth-order valence-corrected chi connectivity index (χ4v) is 4.22. The Morgan fingerprint density at radius 2 is 1.66 bits per heavy atom. The van der Waals surface area contributed by atoms with E-state index in [0.29, 0.717) is 5.16 Å². The van der Waals surface area contributed by atoms with Gasteiger partial charge >= 0.3 is 0 Å². The van der Waals surface area contributed by atoms with Crippen LogP contribution in [0, 0.1) is 6.92 Å². The highest BCUT2D eigenvalue weighted by molar-refractivity contribution is 7.99. The van der Waals surface area contributed by atoms with Crippen LogP contribution in [0.2, 0.25) is 0 Å². The van der Waals surface area contributed by atoms with E-state index >= 15 is 0 Å². The van der Waals surface area contributed by atoms with Crippen LogP contribution in [0.1, 0.15) is 37.5 Å². The molecule has 0 fully saturated rings. The van der Waals surface area contributed by atoms with Gasteiger partial charge < -0.3 is 0 Å². The summed E-state index contributed by atoms with van der Waals surface area (Å²) in [5, 5.41) is 13.6. The molecule has 1 heterocycles. The van der Waals surface area contributed by atoms with Crippen molar-refractivity contribution in [3.05, 3.63) is 95.6 Å². The number of nitrogens with one attached hydrogen (secondary N) is 1. The van der Waals surface area contributed by atoms with E-state index in [2.05, 4.69) is 65.8 Å². The maximum absolute atomic E-state index is 12.4. The minimum atomic E-state index is -0.211. The van der Waals surface area contributed by atoms with Crippen LogP contribution < -0.4 is 5.43 Å². The molecule has 3 aromatic carbocycles. The molecule has 178 valence electrons. The number of hydrogen-bond acceptors (Lipinski definition) is 5. The van der Waals surface area contributed by atoms with E-state index in [-0.39, 0.29) is 17.1 Å². The third-order valence-corrected chi connectivity index (χ3v) is 6.40. The van der Waals surface area contributed by atoms with Crippen molar-refractivity contribution in [2.45, 2.75) is 38.3 Å². The average molecular weight is 484 g/mol. The Labute approximate surface area is 210 Å². The highest BCUT2D eigenvalue weighted by Gasteiger charge is 2.19. The highest BCUT2D eigenvalue weighted by Crippen LogP contribution is 2.30. The Hall–Kier alpha value is -3.71. The van der Waals surface area contributed by atoms with Gasteiger partial charge in [-0.3, -0.25) is 9.36 Å². The Kier molecular flexibility index (Phi) is 7.46. The molecular weight excluding hydrogens is 454 g/mol. The third kappa shape index (κ3) is 6.25. The minimum Gasteiger partial charge on any atom is -0.272 e. The SMILES string of the molecule is Cc1ccc(/C=N/NC(=O)CSc2nnc(-c3ccc(C(C)(C)C)cc3)n2-c2ccccc2)cc1. The first-order chi connectivity index (χ1) is 16.8. The summed E-state index contributed by atoms with van der Waals surface area (Å²) >= 11 is 1.32. The molecule has 0 spiro atoms. The number of rotatable bonds is 7. The first-order valence-corrected chi connectivity index (χ1v) is 12.4. The molecule has 0 saturated heterocycles. The van der Waals surface area contributed by atoms with Crippen molar-refractivity contribution in [1.82, 2.24) is 20.2 Å². The largest absolute Gasteiger partial charge is 0.272 e. The molecule has 4 rings (SSSR count). The summed E-state index contributed by atoms with van der Waals surface area (Å²) in [4.78, 5) is 12.4. The van der Waals surface area contributed by atoms with E-state index in [9.17, 15) is 4.79 Å². The number of hydrogen-bond donors (Lipinski definition) is 1. The lowest BCUT2D eigenvalue weighted by atomic mass is 9.87. The summed E-state index contributed by atoms with van der Waals surface area (Å²) in [7, 11) is 0. The van der Waals surface area contributed by atoms with Gasteiger partial charge in [0.05, 0.1) is 12.0 Å². The number of benzene rings is 3. The quantitative estimate of drug-likeness (QED) is 0.205. The number of carbonyl (C=O) groups is 1. The van der Waals surface area contributed by atoms with Crippen molar-refractivity contribution in [2.24, 2.45) is 5.10 Å². The molecule has 0 saturated carbocycles. The van der Waals surface area contributed by atoms with Crippen molar-refractivity contribution >= 4 is 23.9 Å². The predicted octanol–water partition coefficient (Wildman–Crippen LogP) is 5.78. The zero-order chi connectivity index (χ0) is 24.8. The molecule has 7 heteroatoms. The van der Waals surface area contributed by atoms with E-state index in [1.807, 2.05) is 66.1 Å². The van der Waals surface area contributed by atoms with Gasteiger partial charge in [-0.05, 0) is 35.6 Å². The molecule has 35 heavy (non-hydrogen) atoms. The smallest absolute Gasteiger partial charge is 0.250 e. The number of nitrogens with zero attached hydrogens (tertiary/aromatic N) is 4.